The van der Waals surface area contributed by atoms with Crippen LogP contribution < -0.4 is 10.3 Å². The quantitative estimate of drug-likeness (QED) is 0.797. The van der Waals surface area contributed by atoms with Crippen LogP contribution in [0.3, 0.4) is 0 Å². The number of hydrogen-bond donors (Lipinski definition) is 0. The number of rotatable bonds is 3. The Labute approximate surface area is 138 Å². The van der Waals surface area contributed by atoms with Crippen LogP contribution in [0.4, 0.5) is 4.39 Å². The van der Waals surface area contributed by atoms with Crippen LogP contribution in [0.5, 0.6) is 5.75 Å². The largest absolute Gasteiger partial charge is 0.462 e. The molecule has 0 unspecified atom stereocenters. The first-order valence-electron chi connectivity index (χ1n) is 7.40. The molecule has 2 aromatic rings. The summed E-state index contributed by atoms with van der Waals surface area (Å²) in [5.41, 5.74) is -1.11. The number of aryl methyl sites for hydroxylation is 1. The first kappa shape index (κ1) is 19.3. The van der Waals surface area contributed by atoms with Crippen molar-refractivity contribution in [3.8, 4) is 5.75 Å². The number of pyridine rings is 2. The lowest BCUT2D eigenvalue weighted by Crippen LogP contribution is -2.28. The van der Waals surface area contributed by atoms with E-state index in [0.29, 0.717) is 0 Å². The summed E-state index contributed by atoms with van der Waals surface area (Å²) in [6, 6.07) is 1.06. The average Bonchev–Trinajstić information content (AvgIpc) is 2.54. The Kier molecular flexibility index (Phi) is 6.58. The monoisotopic (exact) mass is 338 g/mol. The zero-order valence-corrected chi connectivity index (χ0v) is 14.2. The average molecular weight is 338 g/mol. The minimum atomic E-state index is -0.938. The Bertz CT molecular complexity index is 829. The van der Waals surface area contributed by atoms with E-state index in [1.54, 1.807) is 6.92 Å². The molecule has 2 aromatic heterocycles. The van der Waals surface area contributed by atoms with Crippen molar-refractivity contribution >= 4 is 23.0 Å². The van der Waals surface area contributed by atoms with Gasteiger partial charge in [-0.1, -0.05) is 13.8 Å². The molecule has 7 nitrogen and oxygen atoms in total. The van der Waals surface area contributed by atoms with Gasteiger partial charge in [-0.25, -0.2) is 14.2 Å². The Morgan fingerprint density at radius 1 is 1.33 bits per heavy atom. The molecule has 2 heterocycles. The van der Waals surface area contributed by atoms with E-state index >= 15 is 0 Å². The molecule has 0 aliphatic rings. The molecule has 0 aliphatic carbocycles. The molecular weight excluding hydrogens is 319 g/mol. The number of fused-ring (bicyclic) bond motifs is 1. The van der Waals surface area contributed by atoms with Crippen LogP contribution >= 0.6 is 0 Å². The summed E-state index contributed by atoms with van der Waals surface area (Å²) in [7, 11) is 1.35. The standard InChI is InChI=1S/C14H13FN2O5.C2H6/c1-4-21-14(20)10-12(22-7(2)18)11-9(17(3)13(10)19)5-8(15)6-16-11;1-2/h5-6H,4H2,1-3H3;1-2H3. The number of carbonyl (C=O) groups excluding carboxylic acids is 2. The van der Waals surface area contributed by atoms with Crippen LogP contribution in [-0.4, -0.2) is 28.1 Å². The van der Waals surface area contributed by atoms with Crippen LogP contribution in [0.1, 0.15) is 38.1 Å². The molecule has 24 heavy (non-hydrogen) atoms. The number of hydrogen-bond acceptors (Lipinski definition) is 6. The normalized spacial score (nSPS) is 9.92. The SMILES string of the molecule is CC.CCOC(=O)c1c(OC(C)=O)c2ncc(F)cc2n(C)c1=O. The van der Waals surface area contributed by atoms with Gasteiger partial charge in [0.15, 0.2) is 11.3 Å². The van der Waals surface area contributed by atoms with E-state index in [0.717, 1.165) is 23.8 Å². The Morgan fingerprint density at radius 3 is 2.50 bits per heavy atom. The Morgan fingerprint density at radius 2 is 1.96 bits per heavy atom. The first-order valence-corrected chi connectivity index (χ1v) is 7.40. The van der Waals surface area contributed by atoms with Crippen molar-refractivity contribution < 1.29 is 23.5 Å². The summed E-state index contributed by atoms with van der Waals surface area (Å²) in [4.78, 5) is 39.4. The van der Waals surface area contributed by atoms with Gasteiger partial charge in [0.2, 0.25) is 0 Å². The summed E-state index contributed by atoms with van der Waals surface area (Å²) >= 11 is 0. The van der Waals surface area contributed by atoms with E-state index in [-0.39, 0.29) is 23.4 Å². The maximum absolute atomic E-state index is 13.3. The molecule has 0 amide bonds. The summed E-state index contributed by atoms with van der Waals surface area (Å²) in [6.07, 6.45) is 0.898. The van der Waals surface area contributed by atoms with Gasteiger partial charge in [0, 0.05) is 20.0 Å². The van der Waals surface area contributed by atoms with Gasteiger partial charge in [0.05, 0.1) is 18.3 Å². The Balaban J connectivity index is 0.00000139. The second-order valence-corrected chi connectivity index (χ2v) is 4.40. The summed E-state index contributed by atoms with van der Waals surface area (Å²) in [5, 5.41) is 0. The van der Waals surface area contributed by atoms with Gasteiger partial charge in [-0.3, -0.25) is 9.59 Å². The molecule has 0 radical (unpaired) electrons. The number of esters is 2. The minimum Gasteiger partial charge on any atom is -0.462 e. The fraction of sp³-hybridized carbons (Fsp3) is 0.375. The second kappa shape index (κ2) is 8.19. The van der Waals surface area contributed by atoms with Gasteiger partial charge in [0.1, 0.15) is 11.3 Å². The molecule has 2 rings (SSSR count). The summed E-state index contributed by atoms with van der Waals surface area (Å²) < 4.78 is 24.2. The molecule has 130 valence electrons. The molecule has 0 saturated carbocycles. The molecule has 0 atom stereocenters. The van der Waals surface area contributed by atoms with Gasteiger partial charge < -0.3 is 14.0 Å². The summed E-state index contributed by atoms with van der Waals surface area (Å²) in [5.74, 6) is -2.68. The second-order valence-electron chi connectivity index (χ2n) is 4.40. The molecular formula is C16H19FN2O5. The molecule has 0 N–H and O–H groups in total. The predicted molar refractivity (Wildman–Crippen MR) is 85.6 cm³/mol. The van der Waals surface area contributed by atoms with E-state index in [4.69, 9.17) is 9.47 Å². The number of nitrogens with zero attached hydrogens (tertiary/aromatic N) is 2. The van der Waals surface area contributed by atoms with E-state index < -0.39 is 28.9 Å². The van der Waals surface area contributed by atoms with Crippen LogP contribution in [0.2, 0.25) is 0 Å². The van der Waals surface area contributed by atoms with Crippen molar-refractivity contribution in [1.82, 2.24) is 9.55 Å². The van der Waals surface area contributed by atoms with Crippen molar-refractivity contribution in [3.05, 3.63) is 34.0 Å². The van der Waals surface area contributed by atoms with E-state index in [1.165, 1.54) is 7.05 Å². The van der Waals surface area contributed by atoms with Crippen molar-refractivity contribution in [3.63, 3.8) is 0 Å². The number of aromatic nitrogens is 2. The van der Waals surface area contributed by atoms with Gasteiger partial charge in [-0.15, -0.1) is 0 Å². The third kappa shape index (κ3) is 3.76. The molecule has 0 spiro atoms. The molecule has 0 fully saturated rings. The van der Waals surface area contributed by atoms with Gasteiger partial charge in [0.25, 0.3) is 5.56 Å². The third-order valence-electron chi connectivity index (χ3n) is 2.88. The highest BCUT2D eigenvalue weighted by Gasteiger charge is 2.26. The first-order chi connectivity index (χ1) is 11.4. The minimum absolute atomic E-state index is 0.0155. The Hall–Kier alpha value is -2.77. The molecule has 0 aromatic carbocycles. The number of carbonyl (C=O) groups is 2. The van der Waals surface area contributed by atoms with Crippen molar-refractivity contribution in [1.29, 1.82) is 0 Å². The summed E-state index contributed by atoms with van der Waals surface area (Å²) in [6.45, 7) is 6.72. The lowest BCUT2D eigenvalue weighted by molar-refractivity contribution is -0.131. The number of halogens is 1. The molecule has 0 saturated heterocycles. The zero-order chi connectivity index (χ0) is 18.4. The fourth-order valence-electron chi connectivity index (χ4n) is 1.98. The topological polar surface area (TPSA) is 87.5 Å². The van der Waals surface area contributed by atoms with Crippen LogP contribution in [0.25, 0.3) is 11.0 Å². The van der Waals surface area contributed by atoms with Gasteiger partial charge >= 0.3 is 11.9 Å². The van der Waals surface area contributed by atoms with Gasteiger partial charge in [-0.2, -0.15) is 0 Å². The maximum atomic E-state index is 13.3. The van der Waals surface area contributed by atoms with Crippen molar-refractivity contribution in [2.45, 2.75) is 27.7 Å². The van der Waals surface area contributed by atoms with E-state index in [1.807, 2.05) is 13.8 Å². The van der Waals surface area contributed by atoms with Crippen LogP contribution in [-0.2, 0) is 16.6 Å². The zero-order valence-electron chi connectivity index (χ0n) is 14.2. The van der Waals surface area contributed by atoms with E-state index in [9.17, 15) is 18.8 Å². The lowest BCUT2D eigenvalue weighted by atomic mass is 10.2. The highest BCUT2D eigenvalue weighted by molar-refractivity contribution is 5.99. The van der Waals surface area contributed by atoms with Crippen molar-refractivity contribution in [2.75, 3.05) is 6.61 Å². The smallest absolute Gasteiger partial charge is 0.347 e. The fourth-order valence-corrected chi connectivity index (χ4v) is 1.98. The highest BCUT2D eigenvalue weighted by atomic mass is 19.1. The van der Waals surface area contributed by atoms with Gasteiger partial charge in [-0.05, 0) is 6.92 Å². The van der Waals surface area contributed by atoms with Crippen LogP contribution in [0.15, 0.2) is 17.1 Å². The third-order valence-corrected chi connectivity index (χ3v) is 2.88. The number of ether oxygens (including phenoxy) is 2. The van der Waals surface area contributed by atoms with Crippen molar-refractivity contribution in [2.24, 2.45) is 7.05 Å². The lowest BCUT2D eigenvalue weighted by Gasteiger charge is -2.13. The van der Waals surface area contributed by atoms with E-state index in [2.05, 4.69) is 4.98 Å². The van der Waals surface area contributed by atoms with Crippen LogP contribution in [0, 0.1) is 5.82 Å². The predicted octanol–water partition coefficient (Wildman–Crippen LogP) is 2.20. The molecule has 8 heteroatoms. The molecule has 0 aliphatic heterocycles. The molecule has 0 bridgehead atoms. The highest BCUT2D eigenvalue weighted by Crippen LogP contribution is 2.26. The maximum Gasteiger partial charge on any atom is 0.347 e.